The third-order valence-electron chi connectivity index (χ3n) is 1.84. The third kappa shape index (κ3) is 6.30. The van der Waals surface area contributed by atoms with Crippen LogP contribution in [-0.2, 0) is 9.53 Å². The molecule has 0 fully saturated rings. The second-order valence-corrected chi connectivity index (χ2v) is 3.05. The summed E-state index contributed by atoms with van der Waals surface area (Å²) in [7, 11) is 0. The predicted octanol–water partition coefficient (Wildman–Crippen LogP) is 2.69. The summed E-state index contributed by atoms with van der Waals surface area (Å²) < 4.78 is 5.06. The lowest BCUT2D eigenvalue weighted by atomic mass is 10.1. The van der Waals surface area contributed by atoms with Crippen LogP contribution in [0, 0.1) is 11.8 Å². The van der Waals surface area contributed by atoms with Crippen molar-refractivity contribution in [1.29, 1.82) is 0 Å². The molecule has 0 rings (SSSR count). The monoisotopic (exact) mass is 194 g/mol. The molecular weight excluding hydrogens is 176 g/mol. The Bertz CT molecular complexity index is 232. The summed E-state index contributed by atoms with van der Waals surface area (Å²) >= 11 is 0. The molecule has 0 spiro atoms. The van der Waals surface area contributed by atoms with Gasteiger partial charge in [-0.15, -0.1) is 0 Å². The zero-order chi connectivity index (χ0) is 10.8. The van der Waals surface area contributed by atoms with Gasteiger partial charge in [-0.3, -0.25) is 0 Å². The topological polar surface area (TPSA) is 26.3 Å². The fourth-order valence-corrected chi connectivity index (χ4v) is 1.09. The minimum atomic E-state index is -0.464. The number of rotatable bonds is 6. The summed E-state index contributed by atoms with van der Waals surface area (Å²) in [6, 6.07) is 0. The number of hydrogen-bond donors (Lipinski definition) is 0. The van der Waals surface area contributed by atoms with E-state index in [4.69, 9.17) is 4.74 Å². The third-order valence-corrected chi connectivity index (χ3v) is 1.84. The summed E-state index contributed by atoms with van der Waals surface area (Å²) in [5.74, 6) is 4.38. The number of unbranched alkanes of at least 4 members (excludes halogenated alkanes) is 2. The van der Waals surface area contributed by atoms with Gasteiger partial charge in [0.25, 0.3) is 0 Å². The van der Waals surface area contributed by atoms with E-state index in [-0.39, 0.29) is 6.10 Å². The van der Waals surface area contributed by atoms with E-state index in [2.05, 4.69) is 25.3 Å². The molecule has 78 valence electrons. The molecule has 14 heavy (non-hydrogen) atoms. The molecule has 0 saturated carbocycles. The van der Waals surface area contributed by atoms with E-state index in [1.165, 1.54) is 0 Å². The minimum absolute atomic E-state index is 0.185. The van der Waals surface area contributed by atoms with Crippen LogP contribution in [0.25, 0.3) is 0 Å². The fourth-order valence-electron chi connectivity index (χ4n) is 1.09. The average Bonchev–Trinajstić information content (AvgIpc) is 2.17. The Hall–Kier alpha value is -1.23. The lowest BCUT2D eigenvalue weighted by Crippen LogP contribution is -2.14. The Morgan fingerprint density at radius 2 is 2.29 bits per heavy atom. The van der Waals surface area contributed by atoms with Crippen LogP contribution in [-0.4, -0.2) is 12.1 Å². The number of carbonyl (C=O) groups is 1. The van der Waals surface area contributed by atoms with Crippen molar-refractivity contribution in [2.75, 3.05) is 0 Å². The molecule has 0 amide bonds. The van der Waals surface area contributed by atoms with Gasteiger partial charge in [0.15, 0.2) is 0 Å². The van der Waals surface area contributed by atoms with Crippen molar-refractivity contribution in [2.45, 2.75) is 45.6 Å². The molecular formula is C12H18O2. The van der Waals surface area contributed by atoms with Gasteiger partial charge in [0.2, 0.25) is 0 Å². The second kappa shape index (κ2) is 8.37. The Labute approximate surface area is 86.3 Å². The van der Waals surface area contributed by atoms with Gasteiger partial charge in [-0.1, -0.05) is 38.3 Å². The molecule has 2 nitrogen and oxygen atoms in total. The van der Waals surface area contributed by atoms with E-state index in [1.54, 1.807) is 13.0 Å². The van der Waals surface area contributed by atoms with Crippen LogP contribution in [0.1, 0.15) is 39.5 Å². The molecule has 0 N–H and O–H groups in total. The van der Waals surface area contributed by atoms with Crippen LogP contribution in [0.3, 0.4) is 0 Å². The van der Waals surface area contributed by atoms with Gasteiger partial charge in [-0.2, -0.15) is 0 Å². The maximum absolute atomic E-state index is 11.0. The van der Waals surface area contributed by atoms with Gasteiger partial charge >= 0.3 is 5.97 Å². The maximum atomic E-state index is 11.0. The number of ether oxygens (including phenoxy) is 1. The SMILES string of the molecule is C=C[C@H](CCCCC)OC(=O)C#CC. The summed E-state index contributed by atoms with van der Waals surface area (Å²) in [5.41, 5.74) is 0. The van der Waals surface area contributed by atoms with Crippen LogP contribution in [0.2, 0.25) is 0 Å². The summed E-state index contributed by atoms with van der Waals surface area (Å²) in [6.45, 7) is 7.38. The quantitative estimate of drug-likeness (QED) is 0.214. The fraction of sp³-hybridized carbons (Fsp3) is 0.583. The molecule has 0 aliphatic heterocycles. The highest BCUT2D eigenvalue weighted by molar-refractivity contribution is 5.88. The van der Waals surface area contributed by atoms with Crippen LogP contribution in [0.15, 0.2) is 12.7 Å². The van der Waals surface area contributed by atoms with Crippen molar-refractivity contribution in [3.8, 4) is 11.8 Å². The highest BCUT2D eigenvalue weighted by Crippen LogP contribution is 2.07. The molecule has 2 heteroatoms. The van der Waals surface area contributed by atoms with Crippen LogP contribution in [0.4, 0.5) is 0 Å². The smallest absolute Gasteiger partial charge is 0.384 e. The minimum Gasteiger partial charge on any atom is -0.449 e. The molecule has 0 aromatic rings. The predicted molar refractivity (Wildman–Crippen MR) is 57.7 cm³/mol. The summed E-state index contributed by atoms with van der Waals surface area (Å²) in [6.07, 6.45) is 5.68. The first-order valence-electron chi connectivity index (χ1n) is 5.00. The first-order chi connectivity index (χ1) is 6.74. The highest BCUT2D eigenvalue weighted by Gasteiger charge is 2.07. The lowest BCUT2D eigenvalue weighted by molar-refractivity contribution is -0.140. The van der Waals surface area contributed by atoms with E-state index >= 15 is 0 Å². The van der Waals surface area contributed by atoms with Crippen molar-refractivity contribution in [1.82, 2.24) is 0 Å². The highest BCUT2D eigenvalue weighted by atomic mass is 16.5. The van der Waals surface area contributed by atoms with E-state index in [0.717, 1.165) is 25.7 Å². The number of carbonyl (C=O) groups excluding carboxylic acids is 1. The average molecular weight is 194 g/mol. The first-order valence-corrected chi connectivity index (χ1v) is 5.00. The van der Waals surface area contributed by atoms with E-state index in [0.29, 0.717) is 0 Å². The number of esters is 1. The van der Waals surface area contributed by atoms with Gasteiger partial charge in [-0.05, 0) is 19.8 Å². The molecule has 0 heterocycles. The van der Waals surface area contributed by atoms with Gasteiger partial charge in [0.05, 0.1) is 0 Å². The molecule has 0 aromatic carbocycles. The first kappa shape index (κ1) is 12.8. The molecule has 1 atom stereocenters. The molecule has 0 aromatic heterocycles. The zero-order valence-electron chi connectivity index (χ0n) is 9.01. The van der Waals surface area contributed by atoms with E-state index < -0.39 is 5.97 Å². The van der Waals surface area contributed by atoms with Gasteiger partial charge in [0.1, 0.15) is 6.10 Å². The largest absolute Gasteiger partial charge is 0.449 e. The summed E-state index contributed by atoms with van der Waals surface area (Å²) in [4.78, 5) is 11.0. The van der Waals surface area contributed by atoms with Crippen LogP contribution >= 0.6 is 0 Å². The van der Waals surface area contributed by atoms with Crippen molar-refractivity contribution in [2.24, 2.45) is 0 Å². The van der Waals surface area contributed by atoms with Crippen molar-refractivity contribution >= 4 is 5.97 Å². The standard InChI is InChI=1S/C12H18O2/c1-4-7-8-10-11(6-3)14-12(13)9-5-2/h6,11H,3-4,7-8,10H2,1-2H3/t11-/m1/s1. The molecule has 0 saturated heterocycles. The van der Waals surface area contributed by atoms with Gasteiger partial charge in [-0.25, -0.2) is 4.79 Å². The Kier molecular flexibility index (Phi) is 7.64. The number of hydrogen-bond acceptors (Lipinski definition) is 2. The molecule has 0 unspecified atom stereocenters. The Morgan fingerprint density at radius 1 is 1.57 bits per heavy atom. The molecule has 0 bridgehead atoms. The van der Waals surface area contributed by atoms with Gasteiger partial charge in [0, 0.05) is 5.92 Å². The van der Waals surface area contributed by atoms with Crippen LogP contribution in [0.5, 0.6) is 0 Å². The molecule has 0 radical (unpaired) electrons. The summed E-state index contributed by atoms with van der Waals surface area (Å²) in [5, 5.41) is 0. The molecule has 0 aliphatic carbocycles. The zero-order valence-corrected chi connectivity index (χ0v) is 9.01. The lowest BCUT2D eigenvalue weighted by Gasteiger charge is -2.11. The second-order valence-electron chi connectivity index (χ2n) is 3.05. The van der Waals surface area contributed by atoms with Crippen molar-refractivity contribution < 1.29 is 9.53 Å². The normalized spacial score (nSPS) is 11.0. The van der Waals surface area contributed by atoms with Crippen LogP contribution < -0.4 is 0 Å². The Morgan fingerprint density at radius 3 is 2.79 bits per heavy atom. The van der Waals surface area contributed by atoms with Crippen molar-refractivity contribution in [3.05, 3.63) is 12.7 Å². The van der Waals surface area contributed by atoms with E-state index in [9.17, 15) is 4.79 Å². The maximum Gasteiger partial charge on any atom is 0.384 e. The Balaban J connectivity index is 3.82. The van der Waals surface area contributed by atoms with Crippen molar-refractivity contribution in [3.63, 3.8) is 0 Å². The molecule has 0 aliphatic rings. The van der Waals surface area contributed by atoms with Gasteiger partial charge < -0.3 is 4.74 Å². The van der Waals surface area contributed by atoms with E-state index in [1.807, 2.05) is 0 Å².